The quantitative estimate of drug-likeness (QED) is 0.499. The second-order valence-corrected chi connectivity index (χ2v) is 7.72. The van der Waals surface area contributed by atoms with Crippen LogP contribution in [0.15, 0.2) is 33.2 Å². The first kappa shape index (κ1) is 21.7. The van der Waals surface area contributed by atoms with Gasteiger partial charge in [-0.1, -0.05) is 18.5 Å². The molecule has 0 aliphatic carbocycles. The van der Waals surface area contributed by atoms with Crippen molar-refractivity contribution < 1.29 is 23.8 Å². The van der Waals surface area contributed by atoms with Gasteiger partial charge in [0.15, 0.2) is 5.82 Å². The summed E-state index contributed by atoms with van der Waals surface area (Å²) >= 11 is 12.7. The average Bonchev–Trinajstić information content (AvgIpc) is 2.57. The van der Waals surface area contributed by atoms with Crippen molar-refractivity contribution in [1.29, 1.82) is 0 Å². The second-order valence-electron chi connectivity index (χ2n) is 5.58. The Balaban J connectivity index is 2.24. The van der Waals surface area contributed by atoms with Crippen LogP contribution >= 0.6 is 43.5 Å². The first-order valence-corrected chi connectivity index (χ1v) is 9.78. The number of hydrogen-bond acceptors (Lipinski definition) is 3. The molecule has 2 rings (SSSR count). The minimum atomic E-state index is -0.954. The highest BCUT2D eigenvalue weighted by Gasteiger charge is 2.15. The molecule has 5 nitrogen and oxygen atoms in total. The van der Waals surface area contributed by atoms with E-state index in [-0.39, 0.29) is 41.6 Å². The summed E-state index contributed by atoms with van der Waals surface area (Å²) in [6, 6.07) is 5.99. The van der Waals surface area contributed by atoms with E-state index in [9.17, 15) is 14.0 Å². The molecule has 2 N–H and O–H groups in total. The molecule has 0 bridgehead atoms. The predicted octanol–water partition coefficient (Wildman–Crippen LogP) is 5.56. The molecule has 0 fully saturated rings. The number of carboxylic acid groups (broad SMARTS) is 1. The lowest BCUT2D eigenvalue weighted by molar-refractivity contribution is -0.136. The first-order valence-electron chi connectivity index (χ1n) is 7.81. The summed E-state index contributed by atoms with van der Waals surface area (Å²) < 4.78 is 21.3. The maximum absolute atomic E-state index is 14.6. The maximum Gasteiger partial charge on any atom is 0.307 e. The van der Waals surface area contributed by atoms with Gasteiger partial charge in [0.2, 0.25) is 5.91 Å². The highest BCUT2D eigenvalue weighted by Crippen LogP contribution is 2.36. The van der Waals surface area contributed by atoms with Crippen molar-refractivity contribution in [3.05, 3.63) is 55.2 Å². The molecule has 0 saturated carbocycles. The molecule has 2 aromatic rings. The van der Waals surface area contributed by atoms with E-state index in [0.717, 1.165) is 0 Å². The molecule has 0 spiro atoms. The summed E-state index contributed by atoms with van der Waals surface area (Å²) in [5, 5.41) is 11.6. The Kier molecular flexibility index (Phi) is 7.64. The van der Waals surface area contributed by atoms with Gasteiger partial charge < -0.3 is 15.2 Å². The van der Waals surface area contributed by atoms with Crippen molar-refractivity contribution in [3.8, 4) is 5.75 Å². The van der Waals surface area contributed by atoms with Gasteiger partial charge in [-0.05, 0) is 61.7 Å². The SMILES string of the molecule is CCC(=O)Nc1cc(Cl)cc(COc2c(Br)cc(CC(=O)O)cc2Br)c1F. The summed E-state index contributed by atoms with van der Waals surface area (Å²) in [5.41, 5.74) is 0.734. The van der Waals surface area contributed by atoms with E-state index in [4.69, 9.17) is 21.4 Å². The molecular formula is C18H15Br2ClFNO4. The van der Waals surface area contributed by atoms with Crippen molar-refractivity contribution in [2.45, 2.75) is 26.4 Å². The van der Waals surface area contributed by atoms with Crippen molar-refractivity contribution >= 4 is 61.0 Å². The van der Waals surface area contributed by atoms with Crippen LogP contribution in [0.1, 0.15) is 24.5 Å². The average molecular weight is 524 g/mol. The number of rotatable bonds is 7. The topological polar surface area (TPSA) is 75.6 Å². The third-order valence-corrected chi connectivity index (χ3v) is 4.89. The Morgan fingerprint density at radius 3 is 2.41 bits per heavy atom. The minimum absolute atomic E-state index is 0.0112. The van der Waals surface area contributed by atoms with E-state index in [1.165, 1.54) is 12.1 Å². The third kappa shape index (κ3) is 5.92. The number of ether oxygens (including phenoxy) is 1. The van der Waals surface area contributed by atoms with Crippen LogP contribution in [0.3, 0.4) is 0 Å². The highest BCUT2D eigenvalue weighted by molar-refractivity contribution is 9.11. The van der Waals surface area contributed by atoms with Crippen molar-refractivity contribution in [2.24, 2.45) is 0 Å². The Bertz CT molecular complexity index is 869. The lowest BCUT2D eigenvalue weighted by Crippen LogP contribution is -2.12. The van der Waals surface area contributed by atoms with Crippen LogP contribution in [0.4, 0.5) is 10.1 Å². The fourth-order valence-electron chi connectivity index (χ4n) is 2.26. The van der Waals surface area contributed by atoms with Gasteiger partial charge in [0.05, 0.1) is 21.1 Å². The lowest BCUT2D eigenvalue weighted by Gasteiger charge is -2.14. The molecular weight excluding hydrogens is 508 g/mol. The molecule has 1 amide bonds. The molecule has 0 radical (unpaired) electrons. The van der Waals surface area contributed by atoms with E-state index in [0.29, 0.717) is 20.3 Å². The number of nitrogens with one attached hydrogen (secondary N) is 1. The largest absolute Gasteiger partial charge is 0.486 e. The Morgan fingerprint density at radius 2 is 1.85 bits per heavy atom. The van der Waals surface area contributed by atoms with Crippen LogP contribution in [0.5, 0.6) is 5.75 Å². The Morgan fingerprint density at radius 1 is 1.22 bits per heavy atom. The van der Waals surface area contributed by atoms with Gasteiger partial charge in [0, 0.05) is 17.0 Å². The standard InChI is InChI=1S/C18H15Br2ClFNO4/c1-2-15(24)23-14-7-11(21)6-10(17(14)22)8-27-18-12(19)3-9(4-13(18)20)5-16(25)26/h3-4,6-7H,2,5,8H2,1H3,(H,23,24)(H,25,26). The van der Waals surface area contributed by atoms with Gasteiger partial charge in [0.1, 0.15) is 12.4 Å². The molecule has 0 aliphatic heterocycles. The number of anilines is 1. The van der Waals surface area contributed by atoms with Crippen molar-refractivity contribution in [2.75, 3.05) is 5.32 Å². The van der Waals surface area contributed by atoms with Gasteiger partial charge in [-0.25, -0.2) is 4.39 Å². The van der Waals surface area contributed by atoms with E-state index in [2.05, 4.69) is 37.2 Å². The molecule has 0 saturated heterocycles. The highest BCUT2D eigenvalue weighted by atomic mass is 79.9. The van der Waals surface area contributed by atoms with E-state index < -0.39 is 11.8 Å². The maximum atomic E-state index is 14.6. The third-order valence-electron chi connectivity index (χ3n) is 3.49. The fourth-order valence-corrected chi connectivity index (χ4v) is 4.01. The van der Waals surface area contributed by atoms with Crippen LogP contribution in [0.2, 0.25) is 5.02 Å². The number of hydrogen-bond donors (Lipinski definition) is 2. The normalized spacial score (nSPS) is 10.6. The summed E-state index contributed by atoms with van der Waals surface area (Å²) in [4.78, 5) is 22.4. The Labute approximate surface area is 177 Å². The minimum Gasteiger partial charge on any atom is -0.486 e. The molecule has 144 valence electrons. The zero-order chi connectivity index (χ0) is 20.1. The van der Waals surface area contributed by atoms with Crippen LogP contribution in [-0.4, -0.2) is 17.0 Å². The zero-order valence-corrected chi connectivity index (χ0v) is 18.0. The van der Waals surface area contributed by atoms with Crippen LogP contribution < -0.4 is 10.1 Å². The molecule has 2 aromatic carbocycles. The summed E-state index contributed by atoms with van der Waals surface area (Å²) in [6.45, 7) is 1.52. The summed E-state index contributed by atoms with van der Waals surface area (Å²) in [7, 11) is 0. The number of carbonyl (C=O) groups excluding carboxylic acids is 1. The van der Waals surface area contributed by atoms with Gasteiger partial charge >= 0.3 is 5.97 Å². The second kappa shape index (κ2) is 9.52. The van der Waals surface area contributed by atoms with Crippen molar-refractivity contribution in [3.63, 3.8) is 0 Å². The molecule has 0 unspecified atom stereocenters. The zero-order valence-electron chi connectivity index (χ0n) is 14.1. The summed E-state index contributed by atoms with van der Waals surface area (Å²) in [5.74, 6) is -1.52. The van der Waals surface area contributed by atoms with Crippen LogP contribution in [-0.2, 0) is 22.6 Å². The number of benzene rings is 2. The van der Waals surface area contributed by atoms with Gasteiger partial charge in [0.25, 0.3) is 0 Å². The molecule has 0 aliphatic rings. The predicted molar refractivity (Wildman–Crippen MR) is 108 cm³/mol. The number of carbonyl (C=O) groups is 2. The van der Waals surface area contributed by atoms with E-state index in [1.807, 2.05) is 0 Å². The molecule has 0 aromatic heterocycles. The van der Waals surface area contributed by atoms with Gasteiger partial charge in [-0.15, -0.1) is 0 Å². The lowest BCUT2D eigenvalue weighted by atomic mass is 10.1. The molecule has 9 heteroatoms. The molecule has 0 atom stereocenters. The number of amides is 1. The van der Waals surface area contributed by atoms with Crippen LogP contribution in [0, 0.1) is 5.82 Å². The number of carboxylic acids is 1. The summed E-state index contributed by atoms with van der Waals surface area (Å²) in [6.07, 6.45) is 0.0707. The van der Waals surface area contributed by atoms with E-state index >= 15 is 0 Å². The Hall–Kier alpha value is -1.64. The van der Waals surface area contributed by atoms with Crippen LogP contribution in [0.25, 0.3) is 0 Å². The van der Waals surface area contributed by atoms with Crippen molar-refractivity contribution in [1.82, 2.24) is 0 Å². The number of halogens is 4. The van der Waals surface area contributed by atoms with Gasteiger partial charge in [-0.3, -0.25) is 9.59 Å². The number of aliphatic carboxylic acids is 1. The first-order chi connectivity index (χ1) is 12.7. The molecule has 27 heavy (non-hydrogen) atoms. The fraction of sp³-hybridized carbons (Fsp3) is 0.222. The molecule has 0 heterocycles. The van der Waals surface area contributed by atoms with Gasteiger partial charge in [-0.2, -0.15) is 0 Å². The van der Waals surface area contributed by atoms with E-state index in [1.54, 1.807) is 19.1 Å². The smallest absolute Gasteiger partial charge is 0.307 e. The monoisotopic (exact) mass is 521 g/mol.